The quantitative estimate of drug-likeness (QED) is 0.349. The number of aliphatic carboxylic acids is 1. The molecule has 0 bridgehead atoms. The number of aromatic nitrogens is 1. The predicted molar refractivity (Wildman–Crippen MR) is 138 cm³/mol. The van der Waals surface area contributed by atoms with Crippen LogP contribution in [0.1, 0.15) is 22.7 Å². The molecule has 2 N–H and O–H groups in total. The van der Waals surface area contributed by atoms with Gasteiger partial charge in [-0.1, -0.05) is 54.1 Å². The van der Waals surface area contributed by atoms with Gasteiger partial charge < -0.3 is 14.8 Å². The zero-order valence-corrected chi connectivity index (χ0v) is 20.1. The molecule has 1 aliphatic heterocycles. The van der Waals surface area contributed by atoms with Gasteiger partial charge in [-0.3, -0.25) is 14.6 Å². The summed E-state index contributed by atoms with van der Waals surface area (Å²) in [7, 11) is 0. The summed E-state index contributed by atoms with van der Waals surface area (Å²) in [4.78, 5) is 20.1. The normalized spacial score (nSPS) is 15.8. The maximum Gasteiger partial charge on any atom is 0.325 e. The van der Waals surface area contributed by atoms with Gasteiger partial charge in [0.15, 0.2) is 0 Å². The van der Waals surface area contributed by atoms with Crippen LogP contribution < -0.4 is 4.74 Å². The molecule has 0 saturated carbocycles. The Morgan fingerprint density at radius 1 is 0.971 bits per heavy atom. The summed E-state index contributed by atoms with van der Waals surface area (Å²) in [5.74, 6) is -0.123. The molecule has 3 aromatic carbocycles. The number of carboxylic acid groups (broad SMARTS) is 1. The van der Waals surface area contributed by atoms with E-state index in [0.29, 0.717) is 19.7 Å². The number of carboxylic acids is 1. The number of carbonyl (C=O) groups is 1. The lowest BCUT2D eigenvalue weighted by Gasteiger charge is -2.37. The summed E-state index contributed by atoms with van der Waals surface area (Å²) in [6, 6.07) is 23.0. The van der Waals surface area contributed by atoms with Gasteiger partial charge >= 0.3 is 5.97 Å². The van der Waals surface area contributed by atoms with E-state index in [9.17, 15) is 9.90 Å². The van der Waals surface area contributed by atoms with E-state index in [4.69, 9.17) is 16.3 Å². The molecule has 7 heteroatoms. The number of nitrogens with zero attached hydrogens (tertiary/aromatic N) is 2. The standard InChI is InChI=1S/C28H28ClN3O3/c29-22-8-4-7-21(15-22)18-31-11-13-32(14-12-31)27(28(33)34)25-17-30-26-10-9-23(16-24(25)26)35-19-20-5-2-1-3-6-20/h1-10,15-17,27,30H,11-14,18-19H2,(H,33,34)/t27-/m0/s1. The summed E-state index contributed by atoms with van der Waals surface area (Å²) in [5, 5.41) is 11.8. The second-order valence-electron chi connectivity index (χ2n) is 8.91. The molecule has 1 atom stereocenters. The first-order valence-corrected chi connectivity index (χ1v) is 12.2. The first-order chi connectivity index (χ1) is 17.1. The number of hydrogen-bond donors (Lipinski definition) is 2. The van der Waals surface area contributed by atoms with E-state index in [-0.39, 0.29) is 0 Å². The van der Waals surface area contributed by atoms with Gasteiger partial charge in [-0.2, -0.15) is 0 Å². The maximum atomic E-state index is 12.4. The number of aromatic amines is 1. The van der Waals surface area contributed by atoms with Crippen LogP contribution in [0.25, 0.3) is 10.9 Å². The molecule has 180 valence electrons. The van der Waals surface area contributed by atoms with E-state index in [1.165, 1.54) is 5.56 Å². The molecule has 6 nitrogen and oxygen atoms in total. The van der Waals surface area contributed by atoms with Gasteiger partial charge in [-0.25, -0.2) is 0 Å². The Kier molecular flexibility index (Phi) is 7.04. The fourth-order valence-corrected chi connectivity index (χ4v) is 4.95. The van der Waals surface area contributed by atoms with Crippen molar-refractivity contribution >= 4 is 28.5 Å². The highest BCUT2D eigenvalue weighted by Gasteiger charge is 2.32. The lowest BCUT2D eigenvalue weighted by atomic mass is 10.0. The summed E-state index contributed by atoms with van der Waals surface area (Å²) >= 11 is 6.12. The van der Waals surface area contributed by atoms with E-state index in [1.54, 1.807) is 0 Å². The van der Waals surface area contributed by atoms with E-state index in [0.717, 1.165) is 52.4 Å². The first-order valence-electron chi connectivity index (χ1n) is 11.8. The third kappa shape index (κ3) is 5.51. The molecule has 0 radical (unpaired) electrons. The van der Waals surface area contributed by atoms with Crippen molar-refractivity contribution in [2.45, 2.75) is 19.2 Å². The zero-order valence-electron chi connectivity index (χ0n) is 19.4. The third-order valence-electron chi connectivity index (χ3n) is 6.53. The Labute approximate surface area is 209 Å². The van der Waals surface area contributed by atoms with Crippen molar-refractivity contribution in [1.29, 1.82) is 0 Å². The number of fused-ring (bicyclic) bond motifs is 1. The molecule has 1 saturated heterocycles. The van der Waals surface area contributed by atoms with E-state index >= 15 is 0 Å². The average Bonchev–Trinajstić information content (AvgIpc) is 3.27. The van der Waals surface area contributed by atoms with E-state index in [2.05, 4.69) is 20.9 Å². The highest BCUT2D eigenvalue weighted by Crippen LogP contribution is 2.32. The van der Waals surface area contributed by atoms with Gasteiger partial charge in [0.05, 0.1) is 0 Å². The average molecular weight is 490 g/mol. The Morgan fingerprint density at radius 2 is 1.74 bits per heavy atom. The van der Waals surface area contributed by atoms with Crippen LogP contribution in [-0.2, 0) is 17.9 Å². The highest BCUT2D eigenvalue weighted by atomic mass is 35.5. The van der Waals surface area contributed by atoms with Crippen LogP contribution in [-0.4, -0.2) is 52.0 Å². The highest BCUT2D eigenvalue weighted by molar-refractivity contribution is 6.30. The summed E-state index contributed by atoms with van der Waals surface area (Å²) < 4.78 is 6.00. The van der Waals surface area contributed by atoms with Crippen LogP contribution in [0.5, 0.6) is 5.75 Å². The van der Waals surface area contributed by atoms with Gasteiger partial charge in [0, 0.05) is 60.4 Å². The van der Waals surface area contributed by atoms with Crippen LogP contribution in [0, 0.1) is 0 Å². The minimum atomic E-state index is -0.843. The number of ether oxygens (including phenoxy) is 1. The molecule has 0 spiro atoms. The van der Waals surface area contributed by atoms with Crippen molar-refractivity contribution in [2.24, 2.45) is 0 Å². The van der Waals surface area contributed by atoms with Crippen LogP contribution >= 0.6 is 11.6 Å². The molecule has 0 amide bonds. The van der Waals surface area contributed by atoms with Crippen molar-refractivity contribution in [3.8, 4) is 5.75 Å². The molecular weight excluding hydrogens is 462 g/mol. The van der Waals surface area contributed by atoms with Gasteiger partial charge in [0.2, 0.25) is 0 Å². The van der Waals surface area contributed by atoms with Crippen molar-refractivity contribution in [1.82, 2.24) is 14.8 Å². The lowest BCUT2D eigenvalue weighted by molar-refractivity contribution is -0.144. The van der Waals surface area contributed by atoms with Crippen molar-refractivity contribution in [2.75, 3.05) is 26.2 Å². The monoisotopic (exact) mass is 489 g/mol. The van der Waals surface area contributed by atoms with Crippen LogP contribution in [0.2, 0.25) is 5.02 Å². The molecule has 1 aliphatic rings. The number of benzene rings is 3. The zero-order chi connectivity index (χ0) is 24.2. The molecule has 1 fully saturated rings. The second-order valence-corrected chi connectivity index (χ2v) is 9.34. The molecule has 2 heterocycles. The van der Waals surface area contributed by atoms with E-state index < -0.39 is 12.0 Å². The number of rotatable bonds is 8. The van der Waals surface area contributed by atoms with Crippen LogP contribution in [0.15, 0.2) is 79.0 Å². The number of piperazine rings is 1. The number of halogens is 1. The maximum absolute atomic E-state index is 12.4. The van der Waals surface area contributed by atoms with Gasteiger partial charge in [0.25, 0.3) is 0 Å². The van der Waals surface area contributed by atoms with Gasteiger partial charge in [0.1, 0.15) is 18.4 Å². The van der Waals surface area contributed by atoms with E-state index in [1.807, 2.05) is 72.9 Å². The summed E-state index contributed by atoms with van der Waals surface area (Å²) in [5.41, 5.74) is 3.92. The van der Waals surface area contributed by atoms with Gasteiger partial charge in [-0.15, -0.1) is 0 Å². The minimum absolute atomic E-state index is 0.461. The summed E-state index contributed by atoms with van der Waals surface area (Å²) in [6.45, 7) is 4.21. The summed E-state index contributed by atoms with van der Waals surface area (Å²) in [6.07, 6.45) is 1.82. The number of hydrogen-bond acceptors (Lipinski definition) is 4. The molecule has 0 unspecified atom stereocenters. The van der Waals surface area contributed by atoms with Crippen LogP contribution in [0.4, 0.5) is 0 Å². The van der Waals surface area contributed by atoms with Gasteiger partial charge in [-0.05, 0) is 41.5 Å². The molecule has 5 rings (SSSR count). The van der Waals surface area contributed by atoms with Crippen molar-refractivity contribution in [3.05, 3.63) is 101 Å². The Hall–Kier alpha value is -3.32. The predicted octanol–water partition coefficient (Wildman–Crippen LogP) is 5.34. The Bertz CT molecular complexity index is 1300. The molecule has 0 aliphatic carbocycles. The molecule has 35 heavy (non-hydrogen) atoms. The molecule has 1 aromatic heterocycles. The molecule has 4 aromatic rings. The van der Waals surface area contributed by atoms with Crippen molar-refractivity contribution in [3.63, 3.8) is 0 Å². The fourth-order valence-electron chi connectivity index (χ4n) is 4.74. The molecular formula is C28H28ClN3O3. The Balaban J connectivity index is 1.30. The largest absolute Gasteiger partial charge is 0.489 e. The lowest BCUT2D eigenvalue weighted by Crippen LogP contribution is -2.48. The van der Waals surface area contributed by atoms with Crippen molar-refractivity contribution < 1.29 is 14.6 Å². The second kappa shape index (κ2) is 10.5. The first kappa shape index (κ1) is 23.4. The number of H-pyrrole nitrogens is 1. The number of nitrogens with one attached hydrogen (secondary N) is 1. The SMILES string of the molecule is O=C(O)[C@H](c1c[nH]c2ccc(OCc3ccccc3)cc12)N1CCN(Cc2cccc(Cl)c2)CC1. The topological polar surface area (TPSA) is 68.8 Å². The fraction of sp³-hybridized carbons (Fsp3) is 0.250. The Morgan fingerprint density at radius 3 is 2.49 bits per heavy atom. The smallest absolute Gasteiger partial charge is 0.325 e. The van der Waals surface area contributed by atoms with Crippen LogP contribution in [0.3, 0.4) is 0 Å². The third-order valence-corrected chi connectivity index (χ3v) is 6.76. The minimum Gasteiger partial charge on any atom is -0.489 e.